The zero-order valence-electron chi connectivity index (χ0n) is 11.5. The first kappa shape index (κ1) is 16.6. The Balaban J connectivity index is 2.80. The van der Waals surface area contributed by atoms with Crippen LogP contribution in [0.5, 0.6) is 11.5 Å². The van der Waals surface area contributed by atoms with Crippen molar-refractivity contribution in [3.8, 4) is 11.5 Å². The number of halogens is 3. The molecule has 0 aliphatic carbocycles. The number of methoxy groups -OCH3 is 1. The van der Waals surface area contributed by atoms with E-state index < -0.39 is 12.3 Å². The van der Waals surface area contributed by atoms with Crippen molar-refractivity contribution in [3.63, 3.8) is 0 Å². The standard InChI is InChI=1S/C14H19F3O3/c1-3-4-5-8-20-11-7-6-10(9-12(11)19-2)13(18)14(15,16)17/h6-7,9,13,18H,3-5,8H2,1-2H3. The van der Waals surface area contributed by atoms with Gasteiger partial charge < -0.3 is 14.6 Å². The van der Waals surface area contributed by atoms with Crippen LogP contribution in [0.2, 0.25) is 0 Å². The predicted octanol–water partition coefficient (Wildman–Crippen LogP) is 3.86. The number of hydrogen-bond donors (Lipinski definition) is 1. The summed E-state index contributed by atoms with van der Waals surface area (Å²) in [5.41, 5.74) is -0.268. The van der Waals surface area contributed by atoms with Crippen molar-refractivity contribution in [2.45, 2.75) is 38.5 Å². The van der Waals surface area contributed by atoms with Gasteiger partial charge in [0.25, 0.3) is 0 Å². The lowest BCUT2D eigenvalue weighted by molar-refractivity contribution is -0.206. The van der Waals surface area contributed by atoms with Gasteiger partial charge in [0.2, 0.25) is 0 Å². The molecule has 1 unspecified atom stereocenters. The summed E-state index contributed by atoms with van der Waals surface area (Å²) in [6.07, 6.45) is -4.28. The van der Waals surface area contributed by atoms with E-state index in [1.807, 2.05) is 0 Å². The maximum atomic E-state index is 12.4. The molecule has 0 fully saturated rings. The molecule has 0 saturated carbocycles. The summed E-state index contributed by atoms with van der Waals surface area (Å²) in [6.45, 7) is 2.54. The van der Waals surface area contributed by atoms with E-state index >= 15 is 0 Å². The zero-order valence-corrected chi connectivity index (χ0v) is 11.5. The molecule has 3 nitrogen and oxygen atoms in total. The van der Waals surface area contributed by atoms with E-state index in [1.54, 1.807) is 0 Å². The van der Waals surface area contributed by atoms with Gasteiger partial charge in [-0.3, -0.25) is 0 Å². The van der Waals surface area contributed by atoms with Gasteiger partial charge >= 0.3 is 6.18 Å². The molecule has 6 heteroatoms. The highest BCUT2D eigenvalue weighted by Crippen LogP contribution is 2.36. The molecule has 0 aromatic heterocycles. The molecule has 0 saturated heterocycles. The maximum absolute atomic E-state index is 12.4. The van der Waals surface area contributed by atoms with Crippen LogP contribution in [-0.2, 0) is 0 Å². The number of unbranched alkanes of at least 4 members (excludes halogenated alkanes) is 2. The van der Waals surface area contributed by atoms with E-state index in [0.717, 1.165) is 25.3 Å². The molecule has 0 aliphatic rings. The summed E-state index contributed by atoms with van der Waals surface area (Å²) in [5.74, 6) is 0.559. The van der Waals surface area contributed by atoms with Gasteiger partial charge in [-0.2, -0.15) is 13.2 Å². The molecule has 1 rings (SSSR count). The van der Waals surface area contributed by atoms with Crippen molar-refractivity contribution in [1.29, 1.82) is 0 Å². The van der Waals surface area contributed by atoms with Gasteiger partial charge in [0.15, 0.2) is 17.6 Å². The van der Waals surface area contributed by atoms with E-state index in [0.29, 0.717) is 12.4 Å². The lowest BCUT2D eigenvalue weighted by Crippen LogP contribution is -2.20. The molecule has 20 heavy (non-hydrogen) atoms. The van der Waals surface area contributed by atoms with Crippen LogP contribution in [0.1, 0.15) is 37.9 Å². The fraction of sp³-hybridized carbons (Fsp3) is 0.571. The largest absolute Gasteiger partial charge is 0.493 e. The molecule has 0 heterocycles. The highest BCUT2D eigenvalue weighted by molar-refractivity contribution is 5.43. The van der Waals surface area contributed by atoms with Crippen molar-refractivity contribution < 1.29 is 27.8 Å². The number of aliphatic hydroxyl groups is 1. The van der Waals surface area contributed by atoms with Crippen LogP contribution >= 0.6 is 0 Å². The summed E-state index contributed by atoms with van der Waals surface area (Å²) in [7, 11) is 1.35. The Morgan fingerprint density at radius 3 is 2.45 bits per heavy atom. The Kier molecular flexibility index (Phi) is 6.13. The molecular formula is C14H19F3O3. The average Bonchev–Trinajstić information content (AvgIpc) is 2.41. The predicted molar refractivity (Wildman–Crippen MR) is 69.0 cm³/mol. The number of rotatable bonds is 7. The number of ether oxygens (including phenoxy) is 2. The van der Waals surface area contributed by atoms with Crippen LogP contribution < -0.4 is 9.47 Å². The molecule has 0 amide bonds. The Morgan fingerprint density at radius 2 is 1.90 bits per heavy atom. The highest BCUT2D eigenvalue weighted by atomic mass is 19.4. The number of aliphatic hydroxyl groups excluding tert-OH is 1. The summed E-state index contributed by atoms with van der Waals surface area (Å²) in [6, 6.07) is 3.72. The number of hydrogen-bond acceptors (Lipinski definition) is 3. The molecule has 0 aliphatic heterocycles. The van der Waals surface area contributed by atoms with Crippen LogP contribution in [0.25, 0.3) is 0 Å². The summed E-state index contributed by atoms with van der Waals surface area (Å²) < 4.78 is 47.8. The van der Waals surface area contributed by atoms with E-state index in [2.05, 4.69) is 6.92 Å². The molecule has 114 valence electrons. The minimum absolute atomic E-state index is 0.183. The molecule has 0 spiro atoms. The molecule has 1 N–H and O–H groups in total. The van der Waals surface area contributed by atoms with Gasteiger partial charge in [0.1, 0.15) is 0 Å². The first-order valence-electron chi connectivity index (χ1n) is 6.45. The average molecular weight is 292 g/mol. The Hall–Kier alpha value is -1.43. The van der Waals surface area contributed by atoms with Crippen LogP contribution in [0.15, 0.2) is 18.2 Å². The molecule has 0 bridgehead atoms. The zero-order chi connectivity index (χ0) is 15.2. The Bertz CT molecular complexity index is 419. The first-order valence-corrected chi connectivity index (χ1v) is 6.45. The maximum Gasteiger partial charge on any atom is 0.418 e. The van der Waals surface area contributed by atoms with E-state index in [9.17, 15) is 18.3 Å². The van der Waals surface area contributed by atoms with Gasteiger partial charge in [0, 0.05) is 0 Å². The highest BCUT2D eigenvalue weighted by Gasteiger charge is 2.39. The summed E-state index contributed by atoms with van der Waals surface area (Å²) >= 11 is 0. The smallest absolute Gasteiger partial charge is 0.418 e. The summed E-state index contributed by atoms with van der Waals surface area (Å²) in [4.78, 5) is 0. The number of benzene rings is 1. The lowest BCUT2D eigenvalue weighted by Gasteiger charge is -2.17. The molecule has 1 atom stereocenters. The minimum atomic E-state index is -4.70. The van der Waals surface area contributed by atoms with E-state index in [4.69, 9.17) is 9.47 Å². The van der Waals surface area contributed by atoms with E-state index in [-0.39, 0.29) is 11.3 Å². The van der Waals surface area contributed by atoms with E-state index in [1.165, 1.54) is 19.2 Å². The quantitative estimate of drug-likeness (QED) is 0.776. The first-order chi connectivity index (χ1) is 9.40. The fourth-order valence-electron chi connectivity index (χ4n) is 1.70. The van der Waals surface area contributed by atoms with Crippen molar-refractivity contribution in [1.82, 2.24) is 0 Å². The van der Waals surface area contributed by atoms with Crippen molar-refractivity contribution in [2.75, 3.05) is 13.7 Å². The van der Waals surface area contributed by atoms with Crippen molar-refractivity contribution in [2.24, 2.45) is 0 Å². The normalized spacial score (nSPS) is 13.1. The van der Waals surface area contributed by atoms with Gasteiger partial charge in [-0.15, -0.1) is 0 Å². The van der Waals surface area contributed by atoms with Gasteiger partial charge in [-0.1, -0.05) is 25.8 Å². The van der Waals surface area contributed by atoms with Gasteiger partial charge in [-0.25, -0.2) is 0 Å². The monoisotopic (exact) mass is 292 g/mol. The van der Waals surface area contributed by atoms with Crippen LogP contribution in [-0.4, -0.2) is 25.0 Å². The SMILES string of the molecule is CCCCCOc1ccc(C(O)C(F)(F)F)cc1OC. The van der Waals surface area contributed by atoms with Crippen LogP contribution in [0.3, 0.4) is 0 Å². The van der Waals surface area contributed by atoms with Gasteiger partial charge in [-0.05, 0) is 24.1 Å². The molecule has 1 aromatic rings. The third-order valence-corrected chi connectivity index (χ3v) is 2.82. The number of alkyl halides is 3. The Labute approximate surface area is 116 Å². The Morgan fingerprint density at radius 1 is 1.20 bits per heavy atom. The minimum Gasteiger partial charge on any atom is -0.493 e. The second kappa shape index (κ2) is 7.38. The second-order valence-corrected chi connectivity index (χ2v) is 4.41. The summed E-state index contributed by atoms with van der Waals surface area (Å²) in [5, 5.41) is 9.19. The van der Waals surface area contributed by atoms with Crippen molar-refractivity contribution in [3.05, 3.63) is 23.8 Å². The molecular weight excluding hydrogens is 273 g/mol. The van der Waals surface area contributed by atoms with Crippen LogP contribution in [0, 0.1) is 0 Å². The lowest BCUT2D eigenvalue weighted by atomic mass is 10.1. The third kappa shape index (κ3) is 4.59. The fourth-order valence-corrected chi connectivity index (χ4v) is 1.70. The molecule has 1 aromatic carbocycles. The van der Waals surface area contributed by atoms with Gasteiger partial charge in [0.05, 0.1) is 13.7 Å². The van der Waals surface area contributed by atoms with Crippen LogP contribution in [0.4, 0.5) is 13.2 Å². The molecule has 0 radical (unpaired) electrons. The third-order valence-electron chi connectivity index (χ3n) is 2.82. The van der Waals surface area contributed by atoms with Crippen molar-refractivity contribution >= 4 is 0 Å². The topological polar surface area (TPSA) is 38.7 Å². The second-order valence-electron chi connectivity index (χ2n) is 4.41.